The van der Waals surface area contributed by atoms with Gasteiger partial charge in [-0.15, -0.1) is 0 Å². The fraction of sp³-hybridized carbons (Fsp3) is 0.909. The molecule has 1 fully saturated rings. The van der Waals surface area contributed by atoms with Crippen LogP contribution in [-0.2, 0) is 4.79 Å². The monoisotopic (exact) mass is 231 g/mol. The molecule has 88 valence electrons. The summed E-state index contributed by atoms with van der Waals surface area (Å²) in [7, 11) is 0. The van der Waals surface area contributed by atoms with Crippen molar-refractivity contribution in [1.29, 1.82) is 0 Å². The Morgan fingerprint density at radius 3 is 2.80 bits per heavy atom. The smallest absolute Gasteiger partial charge is 0.222 e. The molecule has 0 aliphatic carbocycles. The minimum Gasteiger partial charge on any atom is -0.396 e. The number of aliphatic hydroxyl groups excluding tert-OH is 1. The van der Waals surface area contributed by atoms with Crippen LogP contribution in [-0.4, -0.2) is 46.1 Å². The van der Waals surface area contributed by atoms with Crippen molar-refractivity contribution >= 4 is 17.7 Å². The lowest BCUT2D eigenvalue weighted by molar-refractivity contribution is -0.129. The van der Waals surface area contributed by atoms with Crippen LogP contribution in [0.5, 0.6) is 0 Å². The zero-order valence-electron chi connectivity index (χ0n) is 9.61. The van der Waals surface area contributed by atoms with Gasteiger partial charge in [-0.1, -0.05) is 6.92 Å². The fourth-order valence-corrected chi connectivity index (χ4v) is 2.99. The highest BCUT2D eigenvalue weighted by Crippen LogP contribution is 2.21. The average Bonchev–Trinajstić information content (AvgIpc) is 2.61. The molecule has 0 radical (unpaired) electrons. The predicted molar refractivity (Wildman–Crippen MR) is 64.0 cm³/mol. The molecule has 0 saturated carbocycles. The van der Waals surface area contributed by atoms with Crippen LogP contribution in [0.25, 0.3) is 0 Å². The standard InChI is InChI=1S/C11H21NO2S/c1-9(8-10(2)15-7-6-13)12-5-3-4-11(12)14/h9-10,13H,3-8H2,1-2H3. The highest BCUT2D eigenvalue weighted by atomic mass is 32.2. The van der Waals surface area contributed by atoms with Crippen LogP contribution >= 0.6 is 11.8 Å². The molecule has 2 unspecified atom stereocenters. The summed E-state index contributed by atoms with van der Waals surface area (Å²) < 4.78 is 0. The van der Waals surface area contributed by atoms with Crippen LogP contribution in [0.4, 0.5) is 0 Å². The molecule has 0 aromatic carbocycles. The van der Waals surface area contributed by atoms with Gasteiger partial charge in [0.1, 0.15) is 0 Å². The molecule has 4 heteroatoms. The molecule has 0 aromatic heterocycles. The zero-order chi connectivity index (χ0) is 11.3. The molecule has 1 aliphatic rings. The average molecular weight is 231 g/mol. The Hall–Kier alpha value is -0.220. The second-order valence-electron chi connectivity index (χ2n) is 4.18. The van der Waals surface area contributed by atoms with Gasteiger partial charge in [0, 0.05) is 30.0 Å². The van der Waals surface area contributed by atoms with Gasteiger partial charge in [0.05, 0.1) is 6.61 Å². The van der Waals surface area contributed by atoms with Crippen LogP contribution in [0.2, 0.25) is 0 Å². The first-order valence-electron chi connectivity index (χ1n) is 5.67. The molecule has 1 aliphatic heterocycles. The third-order valence-electron chi connectivity index (χ3n) is 2.81. The van der Waals surface area contributed by atoms with Crippen molar-refractivity contribution in [2.45, 2.75) is 44.4 Å². The molecule has 0 spiro atoms. The minimum atomic E-state index is 0.242. The Labute approximate surface area is 96.2 Å². The summed E-state index contributed by atoms with van der Waals surface area (Å²) in [5.74, 6) is 1.10. The number of aliphatic hydroxyl groups is 1. The lowest BCUT2D eigenvalue weighted by atomic mass is 10.1. The van der Waals surface area contributed by atoms with E-state index in [2.05, 4.69) is 13.8 Å². The first-order valence-corrected chi connectivity index (χ1v) is 6.72. The number of carbonyl (C=O) groups excluding carboxylic acids is 1. The number of likely N-dealkylation sites (tertiary alicyclic amines) is 1. The molecular formula is C11H21NO2S. The van der Waals surface area contributed by atoms with Crippen LogP contribution in [0.15, 0.2) is 0 Å². The number of hydrogen-bond donors (Lipinski definition) is 1. The summed E-state index contributed by atoms with van der Waals surface area (Å²) in [6.45, 7) is 5.46. The highest BCUT2D eigenvalue weighted by molar-refractivity contribution is 7.99. The maximum absolute atomic E-state index is 11.5. The van der Waals surface area contributed by atoms with Crippen LogP contribution in [0.1, 0.15) is 33.1 Å². The molecule has 1 amide bonds. The number of hydrogen-bond acceptors (Lipinski definition) is 3. The lowest BCUT2D eigenvalue weighted by Crippen LogP contribution is -2.35. The molecule has 1 rings (SSSR count). The van der Waals surface area contributed by atoms with Gasteiger partial charge < -0.3 is 10.0 Å². The lowest BCUT2D eigenvalue weighted by Gasteiger charge is -2.26. The number of amides is 1. The maximum atomic E-state index is 11.5. The Morgan fingerprint density at radius 1 is 1.53 bits per heavy atom. The van der Waals surface area contributed by atoms with E-state index in [1.165, 1.54) is 0 Å². The van der Waals surface area contributed by atoms with Crippen molar-refractivity contribution in [3.63, 3.8) is 0 Å². The van der Waals surface area contributed by atoms with Gasteiger partial charge in [-0.25, -0.2) is 0 Å². The third-order valence-corrected chi connectivity index (χ3v) is 3.99. The van der Waals surface area contributed by atoms with Gasteiger partial charge in [-0.05, 0) is 19.8 Å². The summed E-state index contributed by atoms with van der Waals surface area (Å²) in [6, 6.07) is 0.348. The van der Waals surface area contributed by atoms with Crippen LogP contribution in [0.3, 0.4) is 0 Å². The molecule has 1 heterocycles. The van der Waals surface area contributed by atoms with Crippen LogP contribution in [0, 0.1) is 0 Å². The van der Waals surface area contributed by atoms with Crippen molar-refractivity contribution in [2.24, 2.45) is 0 Å². The third kappa shape index (κ3) is 4.03. The summed E-state index contributed by atoms with van der Waals surface area (Å²) >= 11 is 1.78. The fourth-order valence-electron chi connectivity index (χ4n) is 2.06. The molecule has 0 bridgehead atoms. The van der Waals surface area contributed by atoms with Gasteiger partial charge >= 0.3 is 0 Å². The molecule has 3 nitrogen and oxygen atoms in total. The van der Waals surface area contributed by atoms with Crippen molar-refractivity contribution in [3.8, 4) is 0 Å². The highest BCUT2D eigenvalue weighted by Gasteiger charge is 2.25. The van der Waals surface area contributed by atoms with Crippen molar-refractivity contribution in [2.75, 3.05) is 18.9 Å². The number of thioether (sulfide) groups is 1. The normalized spacial score (nSPS) is 20.7. The topological polar surface area (TPSA) is 40.5 Å². The minimum absolute atomic E-state index is 0.242. The SMILES string of the molecule is CC(CC(C)N1CCCC1=O)SCCO. The second-order valence-corrected chi connectivity index (χ2v) is 5.73. The van der Waals surface area contributed by atoms with E-state index in [1.54, 1.807) is 11.8 Å². The Bertz CT molecular complexity index is 211. The molecular weight excluding hydrogens is 210 g/mol. The van der Waals surface area contributed by atoms with Crippen molar-refractivity contribution < 1.29 is 9.90 Å². The molecule has 15 heavy (non-hydrogen) atoms. The van der Waals surface area contributed by atoms with E-state index in [0.29, 0.717) is 17.2 Å². The first kappa shape index (κ1) is 12.8. The van der Waals surface area contributed by atoms with Gasteiger partial charge in [0.2, 0.25) is 5.91 Å². The van der Waals surface area contributed by atoms with Gasteiger partial charge in [0.15, 0.2) is 0 Å². The molecule has 2 atom stereocenters. The summed E-state index contributed by atoms with van der Waals surface area (Å²) in [5, 5.41) is 9.23. The van der Waals surface area contributed by atoms with Crippen LogP contribution < -0.4 is 0 Å². The van der Waals surface area contributed by atoms with Crippen molar-refractivity contribution in [3.05, 3.63) is 0 Å². The zero-order valence-corrected chi connectivity index (χ0v) is 10.4. The predicted octanol–water partition coefficient (Wildman–Crippen LogP) is 1.50. The Morgan fingerprint density at radius 2 is 2.27 bits per heavy atom. The Kier molecular flexibility index (Phi) is 5.47. The second kappa shape index (κ2) is 6.38. The van der Waals surface area contributed by atoms with E-state index < -0.39 is 0 Å². The Balaban J connectivity index is 2.27. The van der Waals surface area contributed by atoms with E-state index in [4.69, 9.17) is 5.11 Å². The molecule has 1 saturated heterocycles. The van der Waals surface area contributed by atoms with Gasteiger partial charge in [-0.3, -0.25) is 4.79 Å². The molecule has 0 aromatic rings. The van der Waals surface area contributed by atoms with Crippen molar-refractivity contribution in [1.82, 2.24) is 4.90 Å². The van der Waals surface area contributed by atoms with Gasteiger partial charge in [-0.2, -0.15) is 11.8 Å². The number of nitrogens with zero attached hydrogens (tertiary/aromatic N) is 1. The van der Waals surface area contributed by atoms with E-state index in [9.17, 15) is 4.79 Å². The first-order chi connectivity index (χ1) is 7.15. The number of carbonyl (C=O) groups is 1. The number of rotatable bonds is 6. The summed E-state index contributed by atoms with van der Waals surface area (Å²) in [5.41, 5.74) is 0. The van der Waals surface area contributed by atoms with E-state index >= 15 is 0 Å². The van der Waals surface area contributed by atoms with E-state index in [-0.39, 0.29) is 6.61 Å². The van der Waals surface area contributed by atoms with E-state index in [0.717, 1.165) is 31.6 Å². The quantitative estimate of drug-likeness (QED) is 0.753. The summed E-state index contributed by atoms with van der Waals surface area (Å²) in [4.78, 5) is 13.5. The maximum Gasteiger partial charge on any atom is 0.222 e. The molecule has 1 N–H and O–H groups in total. The largest absolute Gasteiger partial charge is 0.396 e. The van der Waals surface area contributed by atoms with Gasteiger partial charge in [0.25, 0.3) is 0 Å². The van der Waals surface area contributed by atoms with E-state index in [1.807, 2.05) is 4.90 Å². The summed E-state index contributed by atoms with van der Waals surface area (Å²) in [6.07, 6.45) is 2.76.